The maximum absolute atomic E-state index is 12.2. The molecular formula is C16H25N3O. The average Bonchev–Trinajstić information content (AvgIpc) is 2.49. The molecule has 0 bridgehead atoms. The highest BCUT2D eigenvalue weighted by molar-refractivity contribution is 5.92. The van der Waals surface area contributed by atoms with Crippen molar-refractivity contribution in [3.8, 4) is 0 Å². The summed E-state index contributed by atoms with van der Waals surface area (Å²) < 4.78 is 0. The number of nitrogens with zero attached hydrogens (tertiary/aromatic N) is 1. The van der Waals surface area contributed by atoms with E-state index in [0.29, 0.717) is 12.6 Å². The first-order chi connectivity index (χ1) is 9.79. The van der Waals surface area contributed by atoms with Crippen LogP contribution in [-0.4, -0.2) is 43.0 Å². The second kappa shape index (κ2) is 8.02. The molecular weight excluding hydrogens is 250 g/mol. The molecule has 1 aromatic rings. The number of hydrogen-bond acceptors (Lipinski definition) is 3. The van der Waals surface area contributed by atoms with Gasteiger partial charge in [-0.3, -0.25) is 9.69 Å². The molecule has 0 unspecified atom stereocenters. The van der Waals surface area contributed by atoms with Gasteiger partial charge in [0, 0.05) is 11.7 Å². The van der Waals surface area contributed by atoms with E-state index in [1.165, 1.54) is 0 Å². The number of nitrogens with one attached hydrogen (secondary N) is 2. The van der Waals surface area contributed by atoms with Crippen LogP contribution in [0.3, 0.4) is 0 Å². The van der Waals surface area contributed by atoms with Crippen molar-refractivity contribution in [2.75, 3.05) is 31.5 Å². The molecule has 1 aliphatic heterocycles. The zero-order chi connectivity index (χ0) is 14.2. The van der Waals surface area contributed by atoms with Crippen LogP contribution in [0.25, 0.3) is 0 Å². The van der Waals surface area contributed by atoms with Gasteiger partial charge < -0.3 is 10.6 Å². The molecule has 20 heavy (non-hydrogen) atoms. The minimum Gasteiger partial charge on any atom is -0.325 e. The summed E-state index contributed by atoms with van der Waals surface area (Å²) in [7, 11) is 0. The molecule has 0 atom stereocenters. The molecule has 1 fully saturated rings. The van der Waals surface area contributed by atoms with Gasteiger partial charge >= 0.3 is 0 Å². The van der Waals surface area contributed by atoms with Crippen LogP contribution < -0.4 is 10.6 Å². The molecule has 0 aromatic heterocycles. The molecule has 0 saturated carbocycles. The van der Waals surface area contributed by atoms with Gasteiger partial charge in [0.2, 0.25) is 5.91 Å². The van der Waals surface area contributed by atoms with E-state index in [1.807, 2.05) is 30.3 Å². The van der Waals surface area contributed by atoms with E-state index in [9.17, 15) is 4.79 Å². The van der Waals surface area contributed by atoms with Crippen molar-refractivity contribution in [2.45, 2.75) is 32.2 Å². The normalized spacial score (nSPS) is 16.3. The number of amides is 1. The van der Waals surface area contributed by atoms with Gasteiger partial charge in [0.25, 0.3) is 0 Å². The molecule has 2 rings (SSSR count). The van der Waals surface area contributed by atoms with E-state index < -0.39 is 0 Å². The maximum Gasteiger partial charge on any atom is 0.238 e. The molecule has 1 amide bonds. The Bertz CT molecular complexity index is 401. The Labute approximate surface area is 121 Å². The Balaban J connectivity index is 1.88. The van der Waals surface area contributed by atoms with Crippen molar-refractivity contribution in [3.05, 3.63) is 30.3 Å². The number of anilines is 1. The Morgan fingerprint density at radius 1 is 1.30 bits per heavy atom. The topological polar surface area (TPSA) is 44.4 Å². The number of piperidine rings is 1. The van der Waals surface area contributed by atoms with E-state index in [1.54, 1.807) is 0 Å². The Kier molecular flexibility index (Phi) is 6.02. The zero-order valence-electron chi connectivity index (χ0n) is 12.3. The van der Waals surface area contributed by atoms with E-state index in [0.717, 1.165) is 44.6 Å². The largest absolute Gasteiger partial charge is 0.325 e. The molecule has 0 radical (unpaired) electrons. The van der Waals surface area contributed by atoms with E-state index in [-0.39, 0.29) is 5.91 Å². The van der Waals surface area contributed by atoms with Crippen LogP contribution in [-0.2, 0) is 4.79 Å². The van der Waals surface area contributed by atoms with Gasteiger partial charge in [0.05, 0.1) is 6.54 Å². The molecule has 4 heteroatoms. The third-order valence-corrected chi connectivity index (χ3v) is 3.74. The van der Waals surface area contributed by atoms with Crippen LogP contribution >= 0.6 is 0 Å². The summed E-state index contributed by atoms with van der Waals surface area (Å²) >= 11 is 0. The van der Waals surface area contributed by atoms with Crippen LogP contribution in [0.2, 0.25) is 0 Å². The highest BCUT2D eigenvalue weighted by Gasteiger charge is 2.22. The summed E-state index contributed by atoms with van der Waals surface area (Å²) in [6, 6.07) is 10.2. The molecule has 0 spiro atoms. The predicted molar refractivity (Wildman–Crippen MR) is 82.8 cm³/mol. The van der Waals surface area contributed by atoms with Crippen LogP contribution in [0.1, 0.15) is 26.2 Å². The Hall–Kier alpha value is -1.39. The van der Waals surface area contributed by atoms with Crippen molar-refractivity contribution in [3.63, 3.8) is 0 Å². The summed E-state index contributed by atoms with van der Waals surface area (Å²) in [6.07, 6.45) is 3.36. The average molecular weight is 275 g/mol. The fourth-order valence-electron chi connectivity index (χ4n) is 2.76. The summed E-state index contributed by atoms with van der Waals surface area (Å²) in [5.41, 5.74) is 0.874. The van der Waals surface area contributed by atoms with Gasteiger partial charge in [0.1, 0.15) is 0 Å². The lowest BCUT2D eigenvalue weighted by Crippen LogP contribution is -2.46. The van der Waals surface area contributed by atoms with Crippen molar-refractivity contribution in [1.29, 1.82) is 0 Å². The Morgan fingerprint density at radius 3 is 2.65 bits per heavy atom. The highest BCUT2D eigenvalue weighted by Crippen LogP contribution is 2.13. The van der Waals surface area contributed by atoms with Crippen LogP contribution in [0, 0.1) is 0 Å². The minimum absolute atomic E-state index is 0.0863. The summed E-state index contributed by atoms with van der Waals surface area (Å²) in [6.45, 7) is 5.78. The molecule has 2 N–H and O–H groups in total. The quantitative estimate of drug-likeness (QED) is 0.835. The van der Waals surface area contributed by atoms with Crippen LogP contribution in [0.15, 0.2) is 30.3 Å². The van der Waals surface area contributed by atoms with Crippen LogP contribution in [0.4, 0.5) is 5.69 Å². The fourth-order valence-corrected chi connectivity index (χ4v) is 2.76. The monoisotopic (exact) mass is 275 g/mol. The third-order valence-electron chi connectivity index (χ3n) is 3.74. The van der Waals surface area contributed by atoms with E-state index in [4.69, 9.17) is 0 Å². The number of para-hydroxylation sites is 1. The third kappa shape index (κ3) is 4.62. The van der Waals surface area contributed by atoms with Crippen molar-refractivity contribution in [1.82, 2.24) is 10.2 Å². The lowest BCUT2D eigenvalue weighted by Gasteiger charge is -2.34. The van der Waals surface area contributed by atoms with E-state index in [2.05, 4.69) is 22.5 Å². The van der Waals surface area contributed by atoms with Crippen LogP contribution in [0.5, 0.6) is 0 Å². The minimum atomic E-state index is 0.0863. The number of carbonyl (C=O) groups is 1. The first-order valence-corrected chi connectivity index (χ1v) is 7.59. The van der Waals surface area contributed by atoms with Crippen molar-refractivity contribution in [2.24, 2.45) is 0 Å². The first-order valence-electron chi connectivity index (χ1n) is 7.59. The highest BCUT2D eigenvalue weighted by atomic mass is 16.2. The van der Waals surface area contributed by atoms with Crippen molar-refractivity contribution < 1.29 is 4.79 Å². The second-order valence-corrected chi connectivity index (χ2v) is 5.37. The van der Waals surface area contributed by atoms with Gasteiger partial charge in [-0.1, -0.05) is 25.1 Å². The zero-order valence-corrected chi connectivity index (χ0v) is 12.3. The number of hydrogen-bond donors (Lipinski definition) is 2. The summed E-state index contributed by atoms with van der Waals surface area (Å²) in [5, 5.41) is 6.35. The number of rotatable bonds is 6. The van der Waals surface area contributed by atoms with Crippen molar-refractivity contribution >= 4 is 11.6 Å². The standard InChI is InChI=1S/C16H25N3O/c1-2-12-19(15-8-10-17-11-9-15)13-16(20)18-14-6-4-3-5-7-14/h3-7,15,17H,2,8-13H2,1H3,(H,18,20). The Morgan fingerprint density at radius 2 is 2.00 bits per heavy atom. The lowest BCUT2D eigenvalue weighted by molar-refractivity contribution is -0.118. The number of benzene rings is 1. The summed E-state index contributed by atoms with van der Waals surface area (Å²) in [5.74, 6) is 0.0863. The summed E-state index contributed by atoms with van der Waals surface area (Å²) in [4.78, 5) is 14.5. The van der Waals surface area contributed by atoms with E-state index >= 15 is 0 Å². The maximum atomic E-state index is 12.2. The molecule has 1 saturated heterocycles. The molecule has 1 aromatic carbocycles. The molecule has 4 nitrogen and oxygen atoms in total. The fraction of sp³-hybridized carbons (Fsp3) is 0.562. The second-order valence-electron chi connectivity index (χ2n) is 5.37. The van der Waals surface area contributed by atoms with Gasteiger partial charge in [-0.15, -0.1) is 0 Å². The van der Waals surface area contributed by atoms with Gasteiger partial charge in [-0.25, -0.2) is 0 Å². The first kappa shape index (κ1) is 15.0. The predicted octanol–water partition coefficient (Wildman–Crippen LogP) is 2.09. The SMILES string of the molecule is CCCN(CC(=O)Nc1ccccc1)C1CCNCC1. The molecule has 110 valence electrons. The smallest absolute Gasteiger partial charge is 0.238 e. The molecule has 1 aliphatic rings. The molecule has 0 aliphatic carbocycles. The van der Waals surface area contributed by atoms with Gasteiger partial charge in [-0.05, 0) is 51.0 Å². The van der Waals surface area contributed by atoms with Gasteiger partial charge in [0.15, 0.2) is 0 Å². The lowest BCUT2D eigenvalue weighted by atomic mass is 10.0. The number of carbonyl (C=O) groups excluding carboxylic acids is 1. The molecule has 1 heterocycles. The van der Waals surface area contributed by atoms with Gasteiger partial charge in [-0.2, -0.15) is 0 Å².